The maximum atomic E-state index is 11.9. The van der Waals surface area contributed by atoms with Crippen molar-refractivity contribution in [2.24, 2.45) is 0 Å². The number of aromatic nitrogens is 1. The molecule has 0 aliphatic carbocycles. The van der Waals surface area contributed by atoms with E-state index in [-0.39, 0.29) is 12.3 Å². The fourth-order valence-corrected chi connectivity index (χ4v) is 3.31. The molecule has 0 saturated carbocycles. The van der Waals surface area contributed by atoms with Crippen LogP contribution in [0.1, 0.15) is 16.8 Å². The Kier molecular flexibility index (Phi) is 4.18. The predicted molar refractivity (Wildman–Crippen MR) is 77.2 cm³/mol. The van der Waals surface area contributed by atoms with Crippen LogP contribution in [0.25, 0.3) is 0 Å². The number of hydrogen-bond acceptors (Lipinski definition) is 5. The van der Waals surface area contributed by atoms with E-state index >= 15 is 0 Å². The van der Waals surface area contributed by atoms with Crippen molar-refractivity contribution in [1.82, 2.24) is 9.71 Å². The molecule has 0 bridgehead atoms. The van der Waals surface area contributed by atoms with Crippen LogP contribution in [0, 0.1) is 6.92 Å². The first-order valence-electron chi connectivity index (χ1n) is 5.67. The van der Waals surface area contributed by atoms with Crippen molar-refractivity contribution in [2.75, 3.05) is 5.73 Å². The molecule has 0 saturated heterocycles. The molecule has 0 fully saturated rings. The summed E-state index contributed by atoms with van der Waals surface area (Å²) in [4.78, 5) is 4.00. The van der Waals surface area contributed by atoms with E-state index in [9.17, 15) is 8.42 Å². The molecule has 0 aliphatic heterocycles. The second-order valence-electron chi connectivity index (χ2n) is 4.25. The zero-order chi connectivity index (χ0) is 13.9. The van der Waals surface area contributed by atoms with Crippen LogP contribution in [0.5, 0.6) is 0 Å². The van der Waals surface area contributed by atoms with Gasteiger partial charge in [-0.15, -0.1) is 11.3 Å². The van der Waals surface area contributed by atoms with E-state index in [2.05, 4.69) is 9.71 Å². The Morgan fingerprint density at radius 2 is 2.21 bits per heavy atom. The van der Waals surface area contributed by atoms with Gasteiger partial charge in [0.15, 0.2) is 5.13 Å². The van der Waals surface area contributed by atoms with Crippen LogP contribution in [0.4, 0.5) is 5.13 Å². The molecule has 2 aromatic rings. The van der Waals surface area contributed by atoms with Crippen LogP contribution in [-0.4, -0.2) is 13.4 Å². The number of benzene rings is 1. The summed E-state index contributed by atoms with van der Waals surface area (Å²) in [5, 5.41) is 2.18. The number of nitrogen functional groups attached to an aromatic ring is 1. The monoisotopic (exact) mass is 297 g/mol. The van der Waals surface area contributed by atoms with Crippen LogP contribution in [0.15, 0.2) is 29.6 Å². The highest BCUT2D eigenvalue weighted by Gasteiger charge is 2.12. The van der Waals surface area contributed by atoms with Gasteiger partial charge in [0.1, 0.15) is 0 Å². The van der Waals surface area contributed by atoms with Crippen LogP contribution in [0.3, 0.4) is 0 Å². The summed E-state index contributed by atoms with van der Waals surface area (Å²) in [7, 11) is -3.37. The molecule has 0 amide bonds. The van der Waals surface area contributed by atoms with E-state index in [1.54, 1.807) is 11.4 Å². The third-order valence-electron chi connectivity index (χ3n) is 2.48. The second-order valence-corrected chi connectivity index (χ2v) is 6.94. The number of aryl methyl sites for hydroxylation is 1. The largest absolute Gasteiger partial charge is 0.375 e. The normalized spacial score (nSPS) is 11.6. The number of rotatable bonds is 5. The third kappa shape index (κ3) is 4.30. The van der Waals surface area contributed by atoms with Gasteiger partial charge in [-0.25, -0.2) is 18.1 Å². The Morgan fingerprint density at radius 3 is 2.84 bits per heavy atom. The van der Waals surface area contributed by atoms with Crippen molar-refractivity contribution >= 4 is 26.5 Å². The highest BCUT2D eigenvalue weighted by molar-refractivity contribution is 7.88. The molecular formula is C12H15N3O2S2. The summed E-state index contributed by atoms with van der Waals surface area (Å²) in [5.74, 6) is -0.0334. The van der Waals surface area contributed by atoms with E-state index < -0.39 is 10.0 Å². The minimum atomic E-state index is -3.37. The second kappa shape index (κ2) is 5.68. The standard InChI is InChI=1S/C12H15N3O2S2/c1-9-3-2-4-10(5-9)8-19(16,17)14-6-11-7-18-12(13)15-11/h2-5,7,14H,6,8H2,1H3,(H2,13,15). The topological polar surface area (TPSA) is 85.1 Å². The third-order valence-corrected chi connectivity index (χ3v) is 4.50. The summed E-state index contributed by atoms with van der Waals surface area (Å²) >= 11 is 1.29. The van der Waals surface area contributed by atoms with Gasteiger partial charge in [-0.05, 0) is 12.5 Å². The van der Waals surface area contributed by atoms with Crippen molar-refractivity contribution in [1.29, 1.82) is 0 Å². The smallest absolute Gasteiger partial charge is 0.216 e. The maximum Gasteiger partial charge on any atom is 0.216 e. The Labute approximate surface area is 116 Å². The fraction of sp³-hybridized carbons (Fsp3) is 0.250. The Bertz CT molecular complexity index is 665. The van der Waals surface area contributed by atoms with Gasteiger partial charge in [0.2, 0.25) is 10.0 Å². The lowest BCUT2D eigenvalue weighted by molar-refractivity contribution is 0.580. The van der Waals surface area contributed by atoms with Gasteiger partial charge in [0, 0.05) is 5.38 Å². The number of nitrogens with zero attached hydrogens (tertiary/aromatic N) is 1. The zero-order valence-corrected chi connectivity index (χ0v) is 12.1. The lowest BCUT2D eigenvalue weighted by Gasteiger charge is -2.06. The number of hydrogen-bond donors (Lipinski definition) is 2. The molecule has 0 unspecified atom stereocenters. The van der Waals surface area contributed by atoms with Gasteiger partial charge in [0.05, 0.1) is 18.0 Å². The van der Waals surface area contributed by atoms with Crippen LogP contribution in [0.2, 0.25) is 0 Å². The summed E-state index contributed by atoms with van der Waals surface area (Å²) in [6.07, 6.45) is 0. The molecule has 0 spiro atoms. The molecule has 102 valence electrons. The first kappa shape index (κ1) is 14.0. The number of thiazole rings is 1. The van der Waals surface area contributed by atoms with Gasteiger partial charge in [-0.2, -0.15) is 0 Å². The first-order chi connectivity index (χ1) is 8.94. The van der Waals surface area contributed by atoms with Crippen LogP contribution in [-0.2, 0) is 22.3 Å². The van der Waals surface area contributed by atoms with Crippen molar-refractivity contribution in [3.8, 4) is 0 Å². The van der Waals surface area contributed by atoms with E-state index in [0.29, 0.717) is 10.8 Å². The van der Waals surface area contributed by atoms with Gasteiger partial charge in [-0.3, -0.25) is 0 Å². The van der Waals surface area contributed by atoms with E-state index in [1.165, 1.54) is 11.3 Å². The molecule has 19 heavy (non-hydrogen) atoms. The van der Waals surface area contributed by atoms with Crippen molar-refractivity contribution in [3.63, 3.8) is 0 Å². The van der Waals surface area contributed by atoms with E-state index in [0.717, 1.165) is 11.1 Å². The van der Waals surface area contributed by atoms with Gasteiger partial charge in [-0.1, -0.05) is 29.8 Å². The minimum absolute atomic E-state index is 0.0334. The molecule has 0 radical (unpaired) electrons. The molecule has 3 N–H and O–H groups in total. The minimum Gasteiger partial charge on any atom is -0.375 e. The van der Waals surface area contributed by atoms with Gasteiger partial charge < -0.3 is 5.73 Å². The van der Waals surface area contributed by atoms with Crippen LogP contribution >= 0.6 is 11.3 Å². The Hall–Kier alpha value is -1.44. The van der Waals surface area contributed by atoms with Gasteiger partial charge in [0.25, 0.3) is 0 Å². The molecule has 5 nitrogen and oxygen atoms in total. The number of nitrogens with one attached hydrogen (secondary N) is 1. The van der Waals surface area contributed by atoms with E-state index in [1.807, 2.05) is 25.1 Å². The molecule has 0 atom stereocenters. The Morgan fingerprint density at radius 1 is 1.42 bits per heavy atom. The average Bonchev–Trinajstić information content (AvgIpc) is 2.72. The summed E-state index contributed by atoms with van der Waals surface area (Å²) in [6.45, 7) is 2.10. The van der Waals surface area contributed by atoms with E-state index in [4.69, 9.17) is 5.73 Å². The molecule has 0 aliphatic rings. The van der Waals surface area contributed by atoms with Crippen molar-refractivity contribution in [2.45, 2.75) is 19.2 Å². The van der Waals surface area contributed by atoms with Gasteiger partial charge >= 0.3 is 0 Å². The highest BCUT2D eigenvalue weighted by atomic mass is 32.2. The summed E-state index contributed by atoms with van der Waals surface area (Å²) in [6, 6.07) is 7.44. The maximum absolute atomic E-state index is 11.9. The molecular weight excluding hydrogens is 282 g/mol. The SMILES string of the molecule is Cc1cccc(CS(=O)(=O)NCc2csc(N)n2)c1. The van der Waals surface area contributed by atoms with Crippen molar-refractivity contribution < 1.29 is 8.42 Å². The summed E-state index contributed by atoms with van der Waals surface area (Å²) in [5.41, 5.74) is 7.93. The van der Waals surface area contributed by atoms with Crippen LogP contribution < -0.4 is 10.5 Å². The molecule has 1 aromatic carbocycles. The molecule has 1 aromatic heterocycles. The number of sulfonamides is 1. The zero-order valence-electron chi connectivity index (χ0n) is 10.5. The average molecular weight is 297 g/mol. The fourth-order valence-electron chi connectivity index (χ4n) is 1.66. The lowest BCUT2D eigenvalue weighted by atomic mass is 10.2. The molecule has 2 rings (SSSR count). The van der Waals surface area contributed by atoms with Crippen molar-refractivity contribution in [3.05, 3.63) is 46.5 Å². The Balaban J connectivity index is 1.99. The lowest BCUT2D eigenvalue weighted by Crippen LogP contribution is -2.24. The quantitative estimate of drug-likeness (QED) is 0.879. The molecule has 7 heteroatoms. The summed E-state index contributed by atoms with van der Waals surface area (Å²) < 4.78 is 26.4. The first-order valence-corrected chi connectivity index (χ1v) is 8.20. The molecule has 1 heterocycles. The predicted octanol–water partition coefficient (Wildman–Crippen LogP) is 1.65. The number of anilines is 1. The highest BCUT2D eigenvalue weighted by Crippen LogP contribution is 2.12. The number of nitrogens with two attached hydrogens (primary N) is 1.